The Morgan fingerprint density at radius 1 is 1.33 bits per heavy atom. The summed E-state index contributed by atoms with van der Waals surface area (Å²) in [6, 6.07) is 5.14. The second-order valence-electron chi connectivity index (χ2n) is 5.62. The van der Waals surface area contributed by atoms with Crippen LogP contribution >= 0.6 is 11.8 Å². The van der Waals surface area contributed by atoms with Gasteiger partial charge in [0.25, 0.3) is 0 Å². The summed E-state index contributed by atoms with van der Waals surface area (Å²) in [5, 5.41) is 15.2. The van der Waals surface area contributed by atoms with Crippen LogP contribution < -0.4 is 11.1 Å². The lowest BCUT2D eigenvalue weighted by atomic mass is 10.3. The average molecular weight is 390 g/mol. The van der Waals surface area contributed by atoms with E-state index in [4.69, 9.17) is 14.7 Å². The number of aryl methyl sites for hydroxylation is 1. The Morgan fingerprint density at radius 2 is 2.19 bits per heavy atom. The van der Waals surface area contributed by atoms with Gasteiger partial charge in [-0.3, -0.25) is 14.2 Å². The minimum absolute atomic E-state index is 0.144. The highest BCUT2D eigenvalue weighted by atomic mass is 32.2. The molecule has 0 aliphatic rings. The zero-order chi connectivity index (χ0) is 19.2. The lowest BCUT2D eigenvalue weighted by Gasteiger charge is -2.07. The van der Waals surface area contributed by atoms with Gasteiger partial charge in [0.05, 0.1) is 6.26 Å². The fourth-order valence-electron chi connectivity index (χ4n) is 2.27. The Hall–Kier alpha value is -3.08. The topological polar surface area (TPSA) is 142 Å². The van der Waals surface area contributed by atoms with Gasteiger partial charge in [0.2, 0.25) is 11.8 Å². The van der Waals surface area contributed by atoms with Gasteiger partial charge in [0.15, 0.2) is 22.6 Å². The first-order valence-electron chi connectivity index (χ1n) is 8.14. The Labute approximate surface area is 158 Å². The number of carbonyl (C=O) groups excluding carboxylic acids is 2. The molecule has 2 amide bonds. The number of aromatic nitrogens is 4. The average Bonchev–Trinajstić information content (AvgIpc) is 3.34. The highest BCUT2D eigenvalue weighted by molar-refractivity contribution is 7.99. The van der Waals surface area contributed by atoms with Crippen molar-refractivity contribution in [2.24, 2.45) is 5.73 Å². The van der Waals surface area contributed by atoms with Crippen LogP contribution in [0.1, 0.15) is 18.6 Å². The smallest absolute Gasteiger partial charge is 0.226 e. The van der Waals surface area contributed by atoms with Crippen LogP contribution in [0.2, 0.25) is 0 Å². The molecule has 10 nitrogen and oxygen atoms in total. The number of amides is 2. The van der Waals surface area contributed by atoms with E-state index in [0.717, 1.165) is 0 Å². The van der Waals surface area contributed by atoms with E-state index < -0.39 is 5.91 Å². The summed E-state index contributed by atoms with van der Waals surface area (Å²) in [4.78, 5) is 23.1. The zero-order valence-corrected chi connectivity index (χ0v) is 15.4. The van der Waals surface area contributed by atoms with Crippen molar-refractivity contribution in [1.82, 2.24) is 19.9 Å². The Morgan fingerprint density at radius 3 is 2.85 bits per heavy atom. The zero-order valence-electron chi connectivity index (χ0n) is 14.5. The van der Waals surface area contributed by atoms with E-state index in [1.54, 1.807) is 29.7 Å². The van der Waals surface area contributed by atoms with Crippen molar-refractivity contribution in [1.29, 1.82) is 0 Å². The van der Waals surface area contributed by atoms with Crippen LogP contribution in [0, 0.1) is 6.92 Å². The second-order valence-corrected chi connectivity index (χ2v) is 6.68. The molecule has 0 aliphatic heterocycles. The summed E-state index contributed by atoms with van der Waals surface area (Å²) >= 11 is 1.35. The molecule has 11 heteroatoms. The van der Waals surface area contributed by atoms with Gasteiger partial charge in [0.1, 0.15) is 5.76 Å². The SMILES string of the molecule is Cc1cc(NC(=O)CCSc2nnc(-c3ccco3)n2CCC(N)=O)no1. The highest BCUT2D eigenvalue weighted by Crippen LogP contribution is 2.25. The molecule has 0 bridgehead atoms. The van der Waals surface area contributed by atoms with Crippen LogP contribution in [0.4, 0.5) is 5.82 Å². The van der Waals surface area contributed by atoms with Gasteiger partial charge >= 0.3 is 0 Å². The molecule has 0 saturated heterocycles. The number of rotatable bonds is 9. The van der Waals surface area contributed by atoms with Gasteiger partial charge in [-0.25, -0.2) is 0 Å². The number of furan rings is 1. The van der Waals surface area contributed by atoms with E-state index in [-0.39, 0.29) is 18.7 Å². The van der Waals surface area contributed by atoms with E-state index >= 15 is 0 Å². The van der Waals surface area contributed by atoms with Gasteiger partial charge in [-0.05, 0) is 19.1 Å². The Balaban J connectivity index is 1.61. The summed E-state index contributed by atoms with van der Waals surface area (Å²) < 4.78 is 12.0. The predicted octanol–water partition coefficient (Wildman–Crippen LogP) is 1.83. The van der Waals surface area contributed by atoms with Crippen molar-refractivity contribution < 1.29 is 18.5 Å². The van der Waals surface area contributed by atoms with E-state index in [1.165, 1.54) is 18.0 Å². The number of thioether (sulfide) groups is 1. The molecule has 3 heterocycles. The maximum absolute atomic E-state index is 12.0. The minimum Gasteiger partial charge on any atom is -0.461 e. The molecular weight excluding hydrogens is 372 g/mol. The van der Waals surface area contributed by atoms with Crippen molar-refractivity contribution in [3.05, 3.63) is 30.2 Å². The van der Waals surface area contributed by atoms with Crippen LogP contribution in [0.25, 0.3) is 11.6 Å². The summed E-state index contributed by atoms with van der Waals surface area (Å²) in [5.74, 6) is 1.90. The molecule has 3 rings (SSSR count). The van der Waals surface area contributed by atoms with Crippen LogP contribution in [0.3, 0.4) is 0 Å². The van der Waals surface area contributed by atoms with Gasteiger partial charge in [-0.15, -0.1) is 10.2 Å². The summed E-state index contributed by atoms with van der Waals surface area (Å²) in [6.45, 7) is 2.07. The van der Waals surface area contributed by atoms with E-state index in [0.29, 0.717) is 40.6 Å². The molecule has 0 atom stereocenters. The van der Waals surface area contributed by atoms with Crippen LogP contribution in [0.5, 0.6) is 0 Å². The molecule has 0 saturated carbocycles. The summed E-state index contributed by atoms with van der Waals surface area (Å²) in [7, 11) is 0. The fraction of sp³-hybridized carbons (Fsp3) is 0.312. The Kier molecular flexibility index (Phi) is 5.91. The molecule has 142 valence electrons. The van der Waals surface area contributed by atoms with Crippen molar-refractivity contribution in [2.75, 3.05) is 11.1 Å². The maximum atomic E-state index is 12.0. The standard InChI is InChI=1S/C16H18N6O4S/c1-10-9-13(21-26-10)18-14(24)5-8-27-16-20-19-15(11-3-2-7-25-11)22(16)6-4-12(17)23/h2-3,7,9H,4-6,8H2,1H3,(H2,17,23)(H,18,21,24). The number of anilines is 1. The molecule has 0 spiro atoms. The van der Waals surface area contributed by atoms with Gasteiger partial charge in [-0.2, -0.15) is 0 Å². The van der Waals surface area contributed by atoms with Crippen LogP contribution in [-0.4, -0.2) is 37.5 Å². The highest BCUT2D eigenvalue weighted by Gasteiger charge is 2.17. The van der Waals surface area contributed by atoms with Crippen LogP contribution in [-0.2, 0) is 16.1 Å². The summed E-state index contributed by atoms with van der Waals surface area (Å²) in [5.41, 5.74) is 5.25. The quantitative estimate of drug-likeness (QED) is 0.527. The molecule has 0 aliphatic carbocycles. The van der Waals surface area contributed by atoms with E-state index in [9.17, 15) is 9.59 Å². The molecule has 3 aromatic rings. The molecular formula is C16H18N6O4S. The molecule has 3 aromatic heterocycles. The third-order valence-electron chi connectivity index (χ3n) is 3.50. The van der Waals surface area contributed by atoms with Gasteiger partial charge < -0.3 is 20.0 Å². The largest absolute Gasteiger partial charge is 0.461 e. The van der Waals surface area contributed by atoms with Crippen molar-refractivity contribution >= 4 is 29.4 Å². The lowest BCUT2D eigenvalue weighted by molar-refractivity contribution is -0.118. The van der Waals surface area contributed by atoms with Gasteiger partial charge in [-0.1, -0.05) is 16.9 Å². The number of carbonyl (C=O) groups is 2. The lowest BCUT2D eigenvalue weighted by Crippen LogP contribution is -2.15. The number of hydrogen-bond acceptors (Lipinski definition) is 8. The molecule has 27 heavy (non-hydrogen) atoms. The molecule has 0 radical (unpaired) electrons. The molecule has 0 aromatic carbocycles. The first-order chi connectivity index (χ1) is 13.0. The summed E-state index contributed by atoms with van der Waals surface area (Å²) in [6.07, 6.45) is 1.92. The van der Waals surface area contributed by atoms with Crippen LogP contribution in [0.15, 0.2) is 38.6 Å². The number of nitrogens with one attached hydrogen (secondary N) is 1. The molecule has 0 unspecified atom stereocenters. The third-order valence-corrected chi connectivity index (χ3v) is 4.46. The van der Waals surface area contributed by atoms with Crippen molar-refractivity contribution in [3.8, 4) is 11.6 Å². The second kappa shape index (κ2) is 8.54. The first-order valence-corrected chi connectivity index (χ1v) is 9.13. The van der Waals surface area contributed by atoms with Crippen molar-refractivity contribution in [2.45, 2.75) is 31.5 Å². The first kappa shape index (κ1) is 18.7. The van der Waals surface area contributed by atoms with E-state index in [2.05, 4.69) is 20.7 Å². The number of nitrogens with two attached hydrogens (primary N) is 1. The number of nitrogens with zero attached hydrogens (tertiary/aromatic N) is 4. The monoisotopic (exact) mass is 390 g/mol. The molecule has 3 N–H and O–H groups in total. The maximum Gasteiger partial charge on any atom is 0.226 e. The van der Waals surface area contributed by atoms with E-state index in [1.807, 2.05) is 0 Å². The minimum atomic E-state index is -0.424. The normalized spacial score (nSPS) is 10.9. The number of primary amides is 1. The van der Waals surface area contributed by atoms with Crippen molar-refractivity contribution in [3.63, 3.8) is 0 Å². The molecule has 0 fully saturated rings. The fourth-order valence-corrected chi connectivity index (χ4v) is 3.17. The Bertz CT molecular complexity index is 917. The predicted molar refractivity (Wildman–Crippen MR) is 96.7 cm³/mol. The third kappa shape index (κ3) is 4.97. The van der Waals surface area contributed by atoms with Gasteiger partial charge in [0, 0.05) is 31.2 Å². The number of hydrogen-bond donors (Lipinski definition) is 2.